The van der Waals surface area contributed by atoms with Gasteiger partial charge in [0.15, 0.2) is 0 Å². The molecule has 1 spiro atoms. The average Bonchev–Trinajstić information content (AvgIpc) is 3.36. The lowest BCUT2D eigenvalue weighted by molar-refractivity contribution is 0.0131. The quantitative estimate of drug-likeness (QED) is 0.280. The number of amides is 2. The van der Waals surface area contributed by atoms with Crippen LogP contribution < -0.4 is 14.4 Å². The Hall–Kier alpha value is -3.93. The lowest BCUT2D eigenvalue weighted by Crippen LogP contribution is -2.49. The van der Waals surface area contributed by atoms with E-state index in [-0.39, 0.29) is 29.3 Å². The molecule has 8 rings (SSSR count). The number of allylic oxidation sites excluding steroid dienone is 1. The van der Waals surface area contributed by atoms with Crippen molar-refractivity contribution in [1.82, 2.24) is 9.29 Å². The van der Waals surface area contributed by atoms with Crippen LogP contribution in [0, 0.1) is 24.7 Å². The minimum absolute atomic E-state index is 0.0272. The Morgan fingerprint density at radius 2 is 1.95 bits per heavy atom. The Morgan fingerprint density at radius 1 is 1.07 bits per heavy atom. The molecule has 55 heavy (non-hydrogen) atoms. The first-order valence-electron chi connectivity index (χ1n) is 20.2. The molecule has 1 N–H and O–H groups in total. The third-order valence-corrected chi connectivity index (χ3v) is 14.9. The number of nitrogens with one attached hydrogen (secondary N) is 1. The van der Waals surface area contributed by atoms with Crippen molar-refractivity contribution in [2.45, 2.75) is 95.8 Å². The molecule has 4 heterocycles. The van der Waals surface area contributed by atoms with Gasteiger partial charge < -0.3 is 23.7 Å². The van der Waals surface area contributed by atoms with E-state index in [0.29, 0.717) is 42.4 Å². The number of hydrogen-bond donors (Lipinski definition) is 1. The number of aromatic nitrogens is 1. The van der Waals surface area contributed by atoms with E-state index in [4.69, 9.17) is 14.2 Å². The summed E-state index contributed by atoms with van der Waals surface area (Å²) in [4.78, 5) is 30.5. The van der Waals surface area contributed by atoms with Crippen LogP contribution >= 0.6 is 0 Å². The zero-order valence-corrected chi connectivity index (χ0v) is 33.6. The molecule has 2 amide bonds. The highest BCUT2D eigenvalue weighted by atomic mass is 32.2. The summed E-state index contributed by atoms with van der Waals surface area (Å²) in [7, 11) is -0.0313. The molecule has 10 nitrogen and oxygen atoms in total. The number of benzene rings is 2. The molecule has 1 fully saturated rings. The molecular formula is C44H56N4O6S. The summed E-state index contributed by atoms with van der Waals surface area (Å²) in [5, 5.41) is 0. The first kappa shape index (κ1) is 38.0. The molecule has 1 saturated carbocycles. The van der Waals surface area contributed by atoms with E-state index in [0.717, 1.165) is 81.7 Å². The molecule has 3 aliphatic heterocycles. The van der Waals surface area contributed by atoms with E-state index < -0.39 is 21.7 Å². The first-order valence-corrected chi connectivity index (χ1v) is 21.9. The number of anilines is 1. The van der Waals surface area contributed by atoms with Gasteiger partial charge in [-0.3, -0.25) is 14.3 Å². The van der Waals surface area contributed by atoms with Crippen molar-refractivity contribution in [1.29, 1.82) is 0 Å². The van der Waals surface area contributed by atoms with Gasteiger partial charge in [0, 0.05) is 63.1 Å². The van der Waals surface area contributed by atoms with Crippen molar-refractivity contribution in [3.63, 3.8) is 0 Å². The molecule has 2 bridgehead atoms. The van der Waals surface area contributed by atoms with E-state index >= 15 is 0 Å². The highest BCUT2D eigenvalue weighted by Gasteiger charge is 2.44. The third kappa shape index (κ3) is 7.76. The number of methoxy groups -OCH3 is 2. The summed E-state index contributed by atoms with van der Waals surface area (Å²) in [5.74, 6) is 0.279. The van der Waals surface area contributed by atoms with Crippen molar-refractivity contribution in [3.8, 4) is 5.75 Å². The standard InChI is InChI=1S/C44H56N4O6S/c1-29-12-16-38-31(20-29)9-6-18-44(38)27-48-24-33-13-15-37(33)40(53-4)11-5-8-30(2)26-55(51,45-42(49)32-14-17-41(54-28-44)39(48)22-32)46-43(50)34-21-35-23-36(52-3)10-7-19-47(35)25-34/h5,11-12,14,16-17,20-22,25,30,33,36-37,40H,6-10,13,15,18-19,23-24,26-28H2,1-4H3,(H,45,46,49,50,51)/b11-5+/t30-,33-,36?,37+,40-,44-,55?/m0/s1. The molecule has 1 aromatic heterocycles. The Kier molecular flexibility index (Phi) is 10.7. The second-order valence-electron chi connectivity index (χ2n) is 16.9. The Bertz CT molecular complexity index is 2100. The maximum Gasteiger partial charge on any atom is 0.286 e. The summed E-state index contributed by atoms with van der Waals surface area (Å²) < 4.78 is 42.5. The Morgan fingerprint density at radius 3 is 2.75 bits per heavy atom. The number of aryl methyl sites for hydroxylation is 3. The Labute approximate surface area is 326 Å². The largest absolute Gasteiger partial charge is 0.490 e. The monoisotopic (exact) mass is 768 g/mol. The molecule has 2 unspecified atom stereocenters. The summed E-state index contributed by atoms with van der Waals surface area (Å²) in [5.41, 5.74) is 6.41. The van der Waals surface area contributed by atoms with Gasteiger partial charge in [0.25, 0.3) is 11.8 Å². The number of carbonyl (C=O) groups is 2. The number of fused-ring (bicyclic) bond motifs is 5. The topological polar surface area (TPSA) is 111 Å². The smallest absolute Gasteiger partial charge is 0.286 e. The normalized spacial score (nSPS) is 31.3. The van der Waals surface area contributed by atoms with E-state index in [2.05, 4.69) is 55.8 Å². The van der Waals surface area contributed by atoms with E-state index in [1.165, 1.54) is 16.7 Å². The number of ether oxygens (including phenoxy) is 3. The average molecular weight is 769 g/mol. The molecule has 0 radical (unpaired) electrons. The minimum atomic E-state index is -3.53. The van der Waals surface area contributed by atoms with E-state index in [1.807, 2.05) is 31.3 Å². The van der Waals surface area contributed by atoms with Crippen LogP contribution in [0.4, 0.5) is 5.69 Å². The minimum Gasteiger partial charge on any atom is -0.490 e. The van der Waals surface area contributed by atoms with Gasteiger partial charge in [0.2, 0.25) is 0 Å². The van der Waals surface area contributed by atoms with Crippen molar-refractivity contribution in [2.75, 3.05) is 44.6 Å². The van der Waals surface area contributed by atoms with Crippen LogP contribution in [-0.4, -0.2) is 72.5 Å². The highest BCUT2D eigenvalue weighted by Crippen LogP contribution is 2.47. The zero-order valence-electron chi connectivity index (χ0n) is 32.8. The maximum atomic E-state index is 14.8. The highest BCUT2D eigenvalue weighted by molar-refractivity contribution is 7.92. The van der Waals surface area contributed by atoms with Crippen LogP contribution in [-0.2, 0) is 44.2 Å². The second-order valence-corrected chi connectivity index (χ2v) is 18.9. The van der Waals surface area contributed by atoms with Crippen molar-refractivity contribution in [3.05, 3.63) is 94.3 Å². The van der Waals surface area contributed by atoms with Gasteiger partial charge in [-0.1, -0.05) is 42.8 Å². The van der Waals surface area contributed by atoms with Crippen LogP contribution in [0.25, 0.3) is 0 Å². The predicted molar refractivity (Wildman–Crippen MR) is 215 cm³/mol. The SMILES string of the molecule is COC1CCCn2cc(C(=O)NS3(=O)=NC(=O)c4ccc5c(c4)N(C[C@@H]4CC[C@H]4[C@@H](OC)/C=C/C[C@H](C)C3)C[C@@]3(CCCc4cc(C)ccc43)CO5)cc2C1. The van der Waals surface area contributed by atoms with Gasteiger partial charge in [-0.2, -0.15) is 0 Å². The molecule has 5 aliphatic rings. The summed E-state index contributed by atoms with van der Waals surface area (Å²) >= 11 is 0. The van der Waals surface area contributed by atoms with Crippen molar-refractivity contribution in [2.24, 2.45) is 22.1 Å². The molecule has 2 aliphatic carbocycles. The molecule has 0 saturated heterocycles. The van der Waals surface area contributed by atoms with Gasteiger partial charge in [-0.05, 0) is 111 Å². The zero-order chi connectivity index (χ0) is 38.3. The van der Waals surface area contributed by atoms with Crippen LogP contribution in [0.5, 0.6) is 5.75 Å². The predicted octanol–water partition coefficient (Wildman–Crippen LogP) is 7.21. The summed E-state index contributed by atoms with van der Waals surface area (Å²) in [6.07, 6.45) is 14.7. The lowest BCUT2D eigenvalue weighted by atomic mass is 9.68. The molecule has 3 aromatic rings. The number of hydrogen-bond acceptors (Lipinski definition) is 7. The number of rotatable bonds is 4. The lowest BCUT2D eigenvalue weighted by Gasteiger charge is -2.46. The van der Waals surface area contributed by atoms with Gasteiger partial charge in [-0.25, -0.2) is 4.21 Å². The van der Waals surface area contributed by atoms with Crippen molar-refractivity contribution < 1.29 is 28.0 Å². The van der Waals surface area contributed by atoms with Gasteiger partial charge in [-0.15, -0.1) is 4.36 Å². The van der Waals surface area contributed by atoms with Crippen LogP contribution in [0.2, 0.25) is 0 Å². The fourth-order valence-corrected chi connectivity index (χ4v) is 11.7. The second kappa shape index (κ2) is 15.5. The molecular weight excluding hydrogens is 713 g/mol. The third-order valence-electron chi connectivity index (χ3n) is 12.9. The maximum absolute atomic E-state index is 14.8. The summed E-state index contributed by atoms with van der Waals surface area (Å²) in [6, 6.07) is 14.2. The summed E-state index contributed by atoms with van der Waals surface area (Å²) in [6.45, 7) is 7.04. The molecule has 11 heteroatoms. The fourth-order valence-electron chi connectivity index (χ4n) is 9.82. The molecule has 294 valence electrons. The Balaban J connectivity index is 1.16. The van der Waals surface area contributed by atoms with Crippen LogP contribution in [0.3, 0.4) is 0 Å². The van der Waals surface area contributed by atoms with E-state index in [9.17, 15) is 13.8 Å². The molecule has 2 aromatic carbocycles. The van der Waals surface area contributed by atoms with Crippen molar-refractivity contribution >= 4 is 27.4 Å². The van der Waals surface area contributed by atoms with Gasteiger partial charge >= 0.3 is 0 Å². The van der Waals surface area contributed by atoms with Crippen LogP contribution in [0.1, 0.15) is 95.0 Å². The first-order chi connectivity index (χ1) is 26.5. The van der Waals surface area contributed by atoms with E-state index in [1.54, 1.807) is 20.3 Å². The molecule has 7 atom stereocenters. The fraction of sp³-hybridized carbons (Fsp3) is 0.545. The van der Waals surface area contributed by atoms with Crippen LogP contribution in [0.15, 0.2) is 65.2 Å². The van der Waals surface area contributed by atoms with Gasteiger partial charge in [0.1, 0.15) is 15.7 Å². The van der Waals surface area contributed by atoms with Gasteiger partial charge in [0.05, 0.1) is 35.8 Å². The number of nitrogens with zero attached hydrogens (tertiary/aromatic N) is 3. The number of carbonyl (C=O) groups excluding carboxylic acids is 2.